The average molecular weight is 827 g/mol. The van der Waals surface area contributed by atoms with Crippen LogP contribution in [-0.2, 0) is 28.5 Å². The highest BCUT2D eigenvalue weighted by molar-refractivity contribution is 5.79. The summed E-state index contributed by atoms with van der Waals surface area (Å²) in [5.41, 5.74) is -2.19. The van der Waals surface area contributed by atoms with Crippen molar-refractivity contribution in [3.63, 3.8) is 0 Å². The predicted molar refractivity (Wildman–Crippen MR) is 201 cm³/mol. The van der Waals surface area contributed by atoms with E-state index in [0.717, 1.165) is 12.8 Å². The average Bonchev–Trinajstić information content (AvgIpc) is 3.16. The van der Waals surface area contributed by atoms with Crippen molar-refractivity contribution < 1.29 is 79.6 Å². The topological polar surface area (TPSA) is 273 Å². The van der Waals surface area contributed by atoms with E-state index < -0.39 is 115 Å². The minimum absolute atomic E-state index is 0.0176. The molecule has 58 heavy (non-hydrogen) atoms. The molecule has 6 fully saturated rings. The second kappa shape index (κ2) is 14.9. The summed E-state index contributed by atoms with van der Waals surface area (Å²) in [5.74, 6) is -2.48. The molecule has 0 radical (unpaired) electrons. The van der Waals surface area contributed by atoms with Crippen LogP contribution in [0.15, 0.2) is 11.6 Å². The van der Waals surface area contributed by atoms with Crippen LogP contribution in [0.3, 0.4) is 0 Å². The molecule has 2 aliphatic heterocycles. The molecule has 0 aromatic rings. The quantitative estimate of drug-likeness (QED) is 0.0943. The zero-order valence-electron chi connectivity index (χ0n) is 34.4. The minimum atomic E-state index is -1.91. The number of rotatable bonds is 7. The minimum Gasteiger partial charge on any atom is -0.479 e. The first-order chi connectivity index (χ1) is 27.0. The Hall–Kier alpha value is -1.80. The van der Waals surface area contributed by atoms with Gasteiger partial charge < -0.3 is 70.0 Å². The van der Waals surface area contributed by atoms with Crippen LogP contribution in [0.5, 0.6) is 0 Å². The molecule has 20 atom stereocenters. The van der Waals surface area contributed by atoms with Crippen molar-refractivity contribution >= 4 is 11.9 Å². The van der Waals surface area contributed by atoms with Crippen molar-refractivity contribution in [2.75, 3.05) is 13.2 Å². The second-order valence-electron chi connectivity index (χ2n) is 20.7. The number of hydrogen-bond donors (Lipinski definition) is 10. The van der Waals surface area contributed by atoms with Gasteiger partial charge in [0.2, 0.25) is 6.29 Å². The summed E-state index contributed by atoms with van der Waals surface area (Å²) in [7, 11) is 0. The van der Waals surface area contributed by atoms with Crippen molar-refractivity contribution in [3.8, 4) is 0 Å². The Bertz CT molecular complexity index is 1620. The molecule has 4 saturated carbocycles. The third-order valence-electron chi connectivity index (χ3n) is 17.3. The predicted octanol–water partition coefficient (Wildman–Crippen LogP) is 0.352. The van der Waals surface area contributed by atoms with Gasteiger partial charge in [-0.25, -0.2) is 4.79 Å². The van der Waals surface area contributed by atoms with Gasteiger partial charge in [0.1, 0.15) is 42.7 Å². The summed E-state index contributed by atoms with van der Waals surface area (Å²) in [4.78, 5) is 26.4. The number of hydrogen-bond acceptors (Lipinski definition) is 15. The summed E-state index contributed by atoms with van der Waals surface area (Å²) >= 11 is 0. The highest BCUT2D eigenvalue weighted by Crippen LogP contribution is 2.76. The molecule has 0 aromatic carbocycles. The summed E-state index contributed by atoms with van der Waals surface area (Å²) < 4.78 is 23.2. The fourth-order valence-corrected chi connectivity index (χ4v) is 13.7. The van der Waals surface area contributed by atoms with Gasteiger partial charge >= 0.3 is 11.9 Å². The smallest absolute Gasteiger partial charge is 0.335 e. The Morgan fingerprint density at radius 3 is 2.03 bits per heavy atom. The molecule has 0 amide bonds. The summed E-state index contributed by atoms with van der Waals surface area (Å²) in [6, 6.07) is 0. The summed E-state index contributed by atoms with van der Waals surface area (Å²) in [5, 5.41) is 106. The SMILES string of the molecule is CC1(C)CC[C@]2(C(=O)O[C@@H]3O[C@H](CO)[C@@H](O)[C@H](O)[C@H]3O)CC[C@]3(C)C(=CC[C@@H]4[C@@]5(C)C[C@@H](O)[C@H](O[C@@H]6O[C@H](C(=O)O)[C@@H](O)[C@H](O)[C@H]6O)[C@@](C)(CO)[C@@H]5CC[C@]43C)[C@@H]2C1. The molecule has 5 aliphatic carbocycles. The van der Waals surface area contributed by atoms with Crippen LogP contribution in [-0.4, -0.2) is 150 Å². The second-order valence-corrected chi connectivity index (χ2v) is 20.7. The van der Waals surface area contributed by atoms with E-state index >= 15 is 0 Å². The molecule has 16 nitrogen and oxygen atoms in total. The molecule has 0 bridgehead atoms. The molecule has 7 rings (SSSR count). The normalized spacial score (nSPS) is 53.8. The van der Waals surface area contributed by atoms with Crippen molar-refractivity contribution in [2.45, 2.75) is 173 Å². The highest BCUT2D eigenvalue weighted by Gasteiger charge is 2.71. The lowest BCUT2D eigenvalue weighted by Crippen LogP contribution is -2.69. The zero-order valence-corrected chi connectivity index (χ0v) is 34.4. The lowest BCUT2D eigenvalue weighted by molar-refractivity contribution is -0.340. The van der Waals surface area contributed by atoms with Gasteiger partial charge in [-0.15, -0.1) is 0 Å². The third-order valence-corrected chi connectivity index (χ3v) is 17.3. The maximum absolute atomic E-state index is 14.6. The molecule has 0 aromatic heterocycles. The van der Waals surface area contributed by atoms with Gasteiger partial charge in [0, 0.05) is 5.41 Å². The summed E-state index contributed by atoms with van der Waals surface area (Å²) in [6.45, 7) is 12.0. The van der Waals surface area contributed by atoms with Crippen LogP contribution < -0.4 is 0 Å². The van der Waals surface area contributed by atoms with Crippen LogP contribution in [0, 0.1) is 50.2 Å². The number of carboxylic acid groups (broad SMARTS) is 1. The molecule has 10 N–H and O–H groups in total. The van der Waals surface area contributed by atoms with Crippen molar-refractivity contribution in [1.82, 2.24) is 0 Å². The Labute approximate surface area is 339 Å². The monoisotopic (exact) mass is 826 g/mol. The fourth-order valence-electron chi connectivity index (χ4n) is 13.7. The van der Waals surface area contributed by atoms with Gasteiger partial charge in [-0.05, 0) is 97.2 Å². The first-order valence-electron chi connectivity index (χ1n) is 21.1. The number of aliphatic hydroxyl groups excluding tert-OH is 9. The number of aliphatic carboxylic acids is 1. The molecule has 2 heterocycles. The Morgan fingerprint density at radius 1 is 0.759 bits per heavy atom. The van der Waals surface area contributed by atoms with Crippen molar-refractivity contribution in [1.29, 1.82) is 0 Å². The largest absolute Gasteiger partial charge is 0.479 e. The number of carbonyl (C=O) groups excluding carboxylic acids is 1. The van der Waals surface area contributed by atoms with E-state index in [2.05, 4.69) is 40.7 Å². The number of aliphatic hydroxyl groups is 9. The Morgan fingerprint density at radius 2 is 1.40 bits per heavy atom. The van der Waals surface area contributed by atoms with E-state index in [1.54, 1.807) is 0 Å². The van der Waals surface area contributed by atoms with Gasteiger partial charge in [-0.1, -0.05) is 53.2 Å². The van der Waals surface area contributed by atoms with E-state index in [-0.39, 0.29) is 40.4 Å². The van der Waals surface area contributed by atoms with Crippen molar-refractivity contribution in [2.24, 2.45) is 50.2 Å². The number of allylic oxidation sites excluding steroid dienone is 2. The lowest BCUT2D eigenvalue weighted by Gasteiger charge is -2.71. The van der Waals surface area contributed by atoms with E-state index in [1.165, 1.54) is 5.57 Å². The first kappa shape index (κ1) is 44.3. The lowest BCUT2D eigenvalue weighted by atomic mass is 9.33. The maximum atomic E-state index is 14.6. The fraction of sp³-hybridized carbons (Fsp3) is 0.905. The first-order valence-corrected chi connectivity index (χ1v) is 21.1. The molecular formula is C42H66O16. The molecule has 7 aliphatic rings. The molecule has 16 heteroatoms. The van der Waals surface area contributed by atoms with Crippen LogP contribution in [0.4, 0.5) is 0 Å². The van der Waals surface area contributed by atoms with Crippen molar-refractivity contribution in [3.05, 3.63) is 11.6 Å². The molecule has 330 valence electrons. The Balaban J connectivity index is 1.19. The standard InChI is InChI=1S/C42H66O16/c1-37(2)11-13-42(36(54)58-34-29(50)26(47)25(46)22(17-43)55-34)14-12-40(5)19(20(42)15-37)7-8-24-38(3)16-21(45)32(39(4,18-44)23(38)9-10-41(24,40)6)57-35-30(51)27(48)28(49)31(56-35)33(52)53/h7,20-32,34-35,43-51H,8-18H2,1-6H3,(H,52,53)/t20-,21+,22+,23+,24+,25+,26-,27-,28-,29+,30+,31-,32-,34-,35-,38-,39-,40+,41+,42-/m0/s1. The number of esters is 1. The van der Waals surface area contributed by atoms with Gasteiger partial charge in [-0.2, -0.15) is 0 Å². The number of carbonyl (C=O) groups is 2. The van der Waals surface area contributed by atoms with Gasteiger partial charge in [0.05, 0.1) is 30.8 Å². The maximum Gasteiger partial charge on any atom is 0.335 e. The molecular weight excluding hydrogens is 760 g/mol. The molecule has 2 saturated heterocycles. The third kappa shape index (κ3) is 6.37. The van der Waals surface area contributed by atoms with Crippen LogP contribution in [0.2, 0.25) is 0 Å². The van der Waals surface area contributed by atoms with Gasteiger partial charge in [0.15, 0.2) is 12.4 Å². The number of ether oxygens (including phenoxy) is 4. The van der Waals surface area contributed by atoms with E-state index in [4.69, 9.17) is 18.9 Å². The Kier molecular flexibility index (Phi) is 11.4. The molecule has 0 unspecified atom stereocenters. The van der Waals surface area contributed by atoms with E-state index in [0.29, 0.717) is 38.5 Å². The van der Waals surface area contributed by atoms with E-state index in [1.807, 2.05) is 6.92 Å². The van der Waals surface area contributed by atoms with Gasteiger partial charge in [-0.3, -0.25) is 4.79 Å². The molecule has 0 spiro atoms. The van der Waals surface area contributed by atoms with Crippen LogP contribution >= 0.6 is 0 Å². The van der Waals surface area contributed by atoms with Crippen LogP contribution in [0.25, 0.3) is 0 Å². The summed E-state index contributed by atoms with van der Waals surface area (Å²) in [6.07, 6.45) is -11.5. The highest BCUT2D eigenvalue weighted by atomic mass is 16.7. The van der Waals surface area contributed by atoms with Crippen LogP contribution in [0.1, 0.15) is 99.3 Å². The number of carboxylic acids is 1. The van der Waals surface area contributed by atoms with Gasteiger partial charge in [0.25, 0.3) is 0 Å². The van der Waals surface area contributed by atoms with E-state index in [9.17, 15) is 60.7 Å². The number of fused-ring (bicyclic) bond motifs is 7. The zero-order chi connectivity index (χ0) is 42.7.